The molecule has 0 radical (unpaired) electrons. The fourth-order valence-electron chi connectivity index (χ4n) is 1.54. The van der Waals surface area contributed by atoms with Gasteiger partial charge < -0.3 is 0 Å². The third-order valence-electron chi connectivity index (χ3n) is 2.24. The van der Waals surface area contributed by atoms with E-state index in [1.54, 1.807) is 6.07 Å². The summed E-state index contributed by atoms with van der Waals surface area (Å²) < 4.78 is 13.1. The largest absolute Gasteiger partial charge is 0.258 e. The Morgan fingerprint density at radius 3 is 2.77 bits per heavy atom. The van der Waals surface area contributed by atoms with E-state index in [1.165, 1.54) is 6.07 Å². The highest BCUT2D eigenvalue weighted by molar-refractivity contribution is 5.85. The summed E-state index contributed by atoms with van der Waals surface area (Å²) >= 11 is 0. The molecule has 0 aliphatic carbocycles. The lowest BCUT2D eigenvalue weighted by molar-refractivity contribution is 0.211. The summed E-state index contributed by atoms with van der Waals surface area (Å²) in [4.78, 5) is 0. The second-order valence-electron chi connectivity index (χ2n) is 2.96. The monoisotopic (exact) mass is 202 g/mol. The van der Waals surface area contributed by atoms with Crippen LogP contribution in [0.4, 0.5) is 4.39 Å². The van der Waals surface area contributed by atoms with Crippen LogP contribution in [0.1, 0.15) is 11.1 Å². The van der Waals surface area contributed by atoms with Crippen LogP contribution in [-0.4, -0.2) is 12.1 Å². The molecule has 0 unspecified atom stereocenters. The van der Waals surface area contributed by atoms with Crippen LogP contribution in [0.25, 0.3) is 0 Å². The number of benzene rings is 1. The van der Waals surface area contributed by atoms with Crippen LogP contribution in [0.5, 0.6) is 0 Å². The molecule has 1 heterocycles. The zero-order valence-electron chi connectivity index (χ0n) is 7.38. The smallest absolute Gasteiger partial charge is 0.128 e. The first kappa shape index (κ1) is 10.4. The van der Waals surface area contributed by atoms with Gasteiger partial charge in [-0.1, -0.05) is 12.1 Å². The minimum Gasteiger partial charge on any atom is -0.258 e. The molecule has 4 heteroatoms. The summed E-state index contributed by atoms with van der Waals surface area (Å²) in [5.74, 6) is -0.0924. The Labute approximate surface area is 83.1 Å². The molecule has 13 heavy (non-hydrogen) atoms. The second-order valence-corrected chi connectivity index (χ2v) is 2.96. The quantitative estimate of drug-likeness (QED) is 0.746. The van der Waals surface area contributed by atoms with E-state index in [2.05, 4.69) is 5.43 Å². The van der Waals surface area contributed by atoms with Gasteiger partial charge in [-0.25, -0.2) is 9.40 Å². The predicted octanol–water partition coefficient (Wildman–Crippen LogP) is 1.70. The number of halogens is 2. The molecule has 72 valence electrons. The molecule has 1 N–H and O–H groups in total. The van der Waals surface area contributed by atoms with Crippen molar-refractivity contribution in [1.82, 2.24) is 10.4 Å². The number of fused-ring (bicyclic) bond motifs is 1. The second kappa shape index (κ2) is 4.05. The lowest BCUT2D eigenvalue weighted by atomic mass is 10.1. The molecule has 0 amide bonds. The molecule has 0 atom stereocenters. The van der Waals surface area contributed by atoms with Crippen molar-refractivity contribution in [2.24, 2.45) is 0 Å². The van der Waals surface area contributed by atoms with Gasteiger partial charge in [0, 0.05) is 18.7 Å². The first-order chi connectivity index (χ1) is 5.81. The van der Waals surface area contributed by atoms with Crippen LogP contribution in [0, 0.1) is 5.82 Å². The summed E-state index contributed by atoms with van der Waals surface area (Å²) in [6.45, 7) is 1.46. The third kappa shape index (κ3) is 1.82. The zero-order valence-corrected chi connectivity index (χ0v) is 8.20. The lowest BCUT2D eigenvalue weighted by Crippen LogP contribution is -2.29. The van der Waals surface area contributed by atoms with Crippen LogP contribution in [0.3, 0.4) is 0 Å². The number of hydrazine groups is 1. The molecule has 2 nitrogen and oxygen atoms in total. The van der Waals surface area contributed by atoms with E-state index in [1.807, 2.05) is 18.1 Å². The molecule has 0 fully saturated rings. The summed E-state index contributed by atoms with van der Waals surface area (Å²) in [5.41, 5.74) is 4.92. The first-order valence-corrected chi connectivity index (χ1v) is 4.00. The average molecular weight is 203 g/mol. The van der Waals surface area contributed by atoms with Crippen molar-refractivity contribution in [1.29, 1.82) is 0 Å². The van der Waals surface area contributed by atoms with Gasteiger partial charge in [0.2, 0.25) is 0 Å². The van der Waals surface area contributed by atoms with E-state index in [4.69, 9.17) is 0 Å². The maximum atomic E-state index is 13.1. The highest BCUT2D eigenvalue weighted by atomic mass is 35.5. The number of hydrogen-bond donors (Lipinski definition) is 1. The summed E-state index contributed by atoms with van der Waals surface area (Å²) in [7, 11) is 1.85. The van der Waals surface area contributed by atoms with Crippen molar-refractivity contribution in [3.8, 4) is 0 Å². The van der Waals surface area contributed by atoms with Gasteiger partial charge in [-0.3, -0.25) is 5.43 Å². The van der Waals surface area contributed by atoms with Crippen molar-refractivity contribution in [2.75, 3.05) is 7.05 Å². The Kier molecular flexibility index (Phi) is 3.25. The highest BCUT2D eigenvalue weighted by Gasteiger charge is 2.19. The van der Waals surface area contributed by atoms with E-state index < -0.39 is 0 Å². The third-order valence-corrected chi connectivity index (χ3v) is 2.24. The molecule has 1 aliphatic rings. The summed E-state index contributed by atoms with van der Waals surface area (Å²) in [5, 5.41) is 1.98. The Morgan fingerprint density at radius 2 is 2.15 bits per heavy atom. The minimum atomic E-state index is -0.0924. The van der Waals surface area contributed by atoms with E-state index >= 15 is 0 Å². The molecule has 2 rings (SSSR count). The first-order valence-electron chi connectivity index (χ1n) is 4.00. The molecular weight excluding hydrogens is 191 g/mol. The molecule has 0 aromatic heterocycles. The fraction of sp³-hybridized carbons (Fsp3) is 0.333. The van der Waals surface area contributed by atoms with Crippen LogP contribution >= 0.6 is 12.4 Å². The van der Waals surface area contributed by atoms with Gasteiger partial charge in [0.25, 0.3) is 0 Å². The minimum absolute atomic E-state index is 0. The van der Waals surface area contributed by atoms with Crippen molar-refractivity contribution in [3.63, 3.8) is 0 Å². The molecule has 0 bridgehead atoms. The molecule has 0 saturated carbocycles. The topological polar surface area (TPSA) is 15.3 Å². The van der Waals surface area contributed by atoms with Crippen molar-refractivity contribution in [2.45, 2.75) is 13.1 Å². The van der Waals surface area contributed by atoms with Crippen LogP contribution in [0.2, 0.25) is 0 Å². The van der Waals surface area contributed by atoms with E-state index in [0.717, 1.165) is 17.7 Å². The summed E-state index contributed by atoms with van der Waals surface area (Å²) in [6, 6.07) is 5.24. The maximum absolute atomic E-state index is 13.1. The number of hydrogen-bond acceptors (Lipinski definition) is 2. The SMILES string of the molecule is CNN1Cc2cccc(F)c2C1.Cl. The highest BCUT2D eigenvalue weighted by Crippen LogP contribution is 2.22. The van der Waals surface area contributed by atoms with Crippen LogP contribution < -0.4 is 5.43 Å². The van der Waals surface area contributed by atoms with E-state index in [9.17, 15) is 4.39 Å². The van der Waals surface area contributed by atoms with Gasteiger partial charge in [-0.05, 0) is 18.7 Å². The fourth-order valence-corrected chi connectivity index (χ4v) is 1.54. The predicted molar refractivity (Wildman–Crippen MR) is 52.0 cm³/mol. The molecular formula is C9H12ClFN2. The van der Waals surface area contributed by atoms with Crippen molar-refractivity contribution in [3.05, 3.63) is 35.1 Å². The lowest BCUT2D eigenvalue weighted by Gasteiger charge is -2.11. The molecule has 0 saturated heterocycles. The number of rotatable bonds is 1. The molecule has 1 aromatic rings. The standard InChI is InChI=1S/C9H11FN2.ClH/c1-11-12-5-7-3-2-4-9(10)8(7)6-12;/h2-4,11H,5-6H2,1H3;1H. The maximum Gasteiger partial charge on any atom is 0.128 e. The Balaban J connectivity index is 0.000000845. The summed E-state index contributed by atoms with van der Waals surface area (Å²) in [6.07, 6.45) is 0. The van der Waals surface area contributed by atoms with Crippen molar-refractivity contribution >= 4 is 12.4 Å². The van der Waals surface area contributed by atoms with Gasteiger partial charge in [-0.2, -0.15) is 0 Å². The van der Waals surface area contributed by atoms with Crippen LogP contribution in [-0.2, 0) is 13.1 Å². The Morgan fingerprint density at radius 1 is 1.38 bits per heavy atom. The number of nitrogens with one attached hydrogen (secondary N) is 1. The molecule has 0 spiro atoms. The average Bonchev–Trinajstić information content (AvgIpc) is 2.49. The zero-order chi connectivity index (χ0) is 8.55. The molecule has 1 aromatic carbocycles. The van der Waals surface area contributed by atoms with Crippen molar-refractivity contribution < 1.29 is 4.39 Å². The normalized spacial score (nSPS) is 15.2. The van der Waals surface area contributed by atoms with Gasteiger partial charge in [0.15, 0.2) is 0 Å². The van der Waals surface area contributed by atoms with Gasteiger partial charge in [0.05, 0.1) is 0 Å². The van der Waals surface area contributed by atoms with Gasteiger partial charge >= 0.3 is 0 Å². The van der Waals surface area contributed by atoms with Gasteiger partial charge in [-0.15, -0.1) is 12.4 Å². The Hall–Kier alpha value is -0.640. The number of nitrogens with zero attached hydrogens (tertiary/aromatic N) is 1. The molecule has 1 aliphatic heterocycles. The van der Waals surface area contributed by atoms with Crippen LogP contribution in [0.15, 0.2) is 18.2 Å². The van der Waals surface area contributed by atoms with Gasteiger partial charge in [0.1, 0.15) is 5.82 Å². The Bertz CT molecular complexity index is 304. The van der Waals surface area contributed by atoms with E-state index in [-0.39, 0.29) is 18.2 Å². The van der Waals surface area contributed by atoms with E-state index in [0.29, 0.717) is 6.54 Å².